The molecule has 17 heavy (non-hydrogen) atoms. The molecular formula is C13H24N4. The summed E-state index contributed by atoms with van der Waals surface area (Å²) in [4.78, 5) is 4.62. The van der Waals surface area contributed by atoms with E-state index in [0.717, 1.165) is 12.4 Å². The van der Waals surface area contributed by atoms with Crippen molar-refractivity contribution in [3.63, 3.8) is 0 Å². The van der Waals surface area contributed by atoms with E-state index in [1.54, 1.807) is 0 Å². The lowest BCUT2D eigenvalue weighted by atomic mass is 9.95. The van der Waals surface area contributed by atoms with Gasteiger partial charge < -0.3 is 10.6 Å². The quantitative estimate of drug-likeness (QED) is 0.699. The van der Waals surface area contributed by atoms with Gasteiger partial charge in [0.25, 0.3) is 0 Å². The van der Waals surface area contributed by atoms with Gasteiger partial charge in [-0.2, -0.15) is 0 Å². The molecule has 1 aliphatic carbocycles. The molecule has 0 radical (unpaired) electrons. The molecule has 0 aromatic heterocycles. The molecule has 1 aliphatic heterocycles. The lowest BCUT2D eigenvalue weighted by Gasteiger charge is -2.27. The molecule has 1 atom stereocenters. The minimum Gasteiger partial charge on any atom is -0.367 e. The van der Waals surface area contributed by atoms with Gasteiger partial charge in [0.1, 0.15) is 5.84 Å². The van der Waals surface area contributed by atoms with E-state index >= 15 is 0 Å². The zero-order valence-electron chi connectivity index (χ0n) is 10.9. The highest BCUT2D eigenvalue weighted by Crippen LogP contribution is 2.17. The predicted molar refractivity (Wildman–Crippen MR) is 71.8 cm³/mol. The highest BCUT2D eigenvalue weighted by molar-refractivity contribution is 5.94. The van der Waals surface area contributed by atoms with Gasteiger partial charge in [0.2, 0.25) is 0 Å². The van der Waals surface area contributed by atoms with Gasteiger partial charge >= 0.3 is 0 Å². The van der Waals surface area contributed by atoms with E-state index in [0.29, 0.717) is 6.04 Å². The molecule has 0 spiro atoms. The smallest absolute Gasteiger partial charge is 0.175 e. The maximum absolute atomic E-state index is 4.62. The van der Waals surface area contributed by atoms with Gasteiger partial charge in [-0.1, -0.05) is 26.2 Å². The van der Waals surface area contributed by atoms with Crippen molar-refractivity contribution in [3.05, 3.63) is 11.8 Å². The molecule has 4 nitrogen and oxygen atoms in total. The number of allylic oxidation sites excluding steroid dienone is 1. The van der Waals surface area contributed by atoms with Crippen LogP contribution in [0.25, 0.3) is 0 Å². The van der Waals surface area contributed by atoms with Crippen molar-refractivity contribution >= 4 is 5.84 Å². The first-order valence-corrected chi connectivity index (χ1v) is 6.80. The van der Waals surface area contributed by atoms with Crippen molar-refractivity contribution in [2.24, 2.45) is 4.99 Å². The molecule has 0 saturated heterocycles. The topological polar surface area (TPSA) is 48.5 Å². The number of aliphatic imine (C=N–C) groups is 1. The molecule has 1 unspecified atom stereocenters. The Kier molecular flexibility index (Phi) is 4.42. The molecule has 0 amide bonds. The third-order valence-corrected chi connectivity index (χ3v) is 3.34. The monoisotopic (exact) mass is 236 g/mol. The van der Waals surface area contributed by atoms with Crippen molar-refractivity contribution in [1.29, 1.82) is 0 Å². The number of rotatable bonds is 3. The molecule has 2 aliphatic rings. The Morgan fingerprint density at radius 1 is 1.35 bits per heavy atom. The zero-order chi connectivity index (χ0) is 12.1. The highest BCUT2D eigenvalue weighted by Gasteiger charge is 2.17. The molecule has 96 valence electrons. The van der Waals surface area contributed by atoms with Crippen LogP contribution < -0.4 is 16.0 Å². The lowest BCUT2D eigenvalue weighted by Crippen LogP contribution is -2.46. The predicted octanol–water partition coefficient (Wildman–Crippen LogP) is 1.71. The third kappa shape index (κ3) is 3.73. The molecule has 0 bridgehead atoms. The minimum absolute atomic E-state index is 0.0242. The normalized spacial score (nSPS) is 25.9. The van der Waals surface area contributed by atoms with E-state index in [2.05, 4.69) is 40.9 Å². The van der Waals surface area contributed by atoms with Gasteiger partial charge in [-0.05, 0) is 32.4 Å². The molecule has 1 fully saturated rings. The molecule has 0 aromatic carbocycles. The fourth-order valence-electron chi connectivity index (χ4n) is 2.50. The average Bonchev–Trinajstić information content (AvgIpc) is 2.30. The van der Waals surface area contributed by atoms with Crippen molar-refractivity contribution in [2.75, 3.05) is 6.54 Å². The highest BCUT2D eigenvalue weighted by atomic mass is 15.3. The van der Waals surface area contributed by atoms with Crippen LogP contribution in [0.3, 0.4) is 0 Å². The summed E-state index contributed by atoms with van der Waals surface area (Å²) in [5.41, 5.74) is 1.17. The molecule has 1 saturated carbocycles. The number of nitrogens with zero attached hydrogens (tertiary/aromatic N) is 1. The van der Waals surface area contributed by atoms with E-state index in [4.69, 9.17) is 0 Å². The van der Waals surface area contributed by atoms with Crippen LogP contribution >= 0.6 is 0 Å². The van der Waals surface area contributed by atoms with E-state index in [1.807, 2.05) is 0 Å². The summed E-state index contributed by atoms with van der Waals surface area (Å²) in [6.45, 7) is 5.10. The summed E-state index contributed by atoms with van der Waals surface area (Å²) in [6.07, 6.45) is 8.78. The maximum Gasteiger partial charge on any atom is 0.175 e. The SMILES string of the molecule is CCNC1N=C(NC2CCCCC2)C=C(C)N1. The summed E-state index contributed by atoms with van der Waals surface area (Å²) in [7, 11) is 0. The number of amidine groups is 1. The first kappa shape index (κ1) is 12.4. The van der Waals surface area contributed by atoms with Gasteiger partial charge in [0.15, 0.2) is 6.29 Å². The molecule has 0 aromatic rings. The van der Waals surface area contributed by atoms with Crippen molar-refractivity contribution < 1.29 is 0 Å². The van der Waals surface area contributed by atoms with Crippen molar-refractivity contribution in [1.82, 2.24) is 16.0 Å². The van der Waals surface area contributed by atoms with Gasteiger partial charge in [-0.15, -0.1) is 0 Å². The van der Waals surface area contributed by atoms with Gasteiger partial charge in [-0.3, -0.25) is 5.32 Å². The maximum atomic E-state index is 4.62. The van der Waals surface area contributed by atoms with Crippen molar-refractivity contribution in [3.8, 4) is 0 Å². The molecule has 2 rings (SSSR count). The minimum atomic E-state index is 0.0242. The summed E-state index contributed by atoms with van der Waals surface area (Å²) >= 11 is 0. The average molecular weight is 236 g/mol. The Morgan fingerprint density at radius 2 is 2.12 bits per heavy atom. The summed E-state index contributed by atoms with van der Waals surface area (Å²) in [6, 6.07) is 0.618. The number of hydrogen-bond donors (Lipinski definition) is 3. The van der Waals surface area contributed by atoms with Gasteiger partial charge in [-0.25, -0.2) is 4.99 Å². The van der Waals surface area contributed by atoms with E-state index < -0.39 is 0 Å². The van der Waals surface area contributed by atoms with Crippen LogP contribution in [-0.2, 0) is 0 Å². The standard InChI is InChI=1S/C13H24N4/c1-3-14-13-15-10(2)9-12(17-13)16-11-7-5-4-6-8-11/h9,11,13-15H,3-8H2,1-2H3,(H,16,17). The third-order valence-electron chi connectivity index (χ3n) is 3.34. The zero-order valence-corrected chi connectivity index (χ0v) is 10.9. The van der Waals surface area contributed by atoms with E-state index in [9.17, 15) is 0 Å². The van der Waals surface area contributed by atoms with Gasteiger partial charge in [0.05, 0.1) is 0 Å². The summed E-state index contributed by atoms with van der Waals surface area (Å²) in [5, 5.41) is 10.2. The Morgan fingerprint density at radius 3 is 2.82 bits per heavy atom. The fraction of sp³-hybridized carbons (Fsp3) is 0.769. The molecular weight excluding hydrogens is 212 g/mol. The van der Waals surface area contributed by atoms with Crippen LogP contribution in [0.4, 0.5) is 0 Å². The summed E-state index contributed by atoms with van der Waals surface area (Å²) < 4.78 is 0. The first-order chi connectivity index (χ1) is 8.28. The van der Waals surface area contributed by atoms with Crippen LogP contribution in [0, 0.1) is 0 Å². The Labute approximate surface area is 104 Å². The van der Waals surface area contributed by atoms with Crippen LogP contribution in [0.15, 0.2) is 16.8 Å². The van der Waals surface area contributed by atoms with Crippen LogP contribution in [0.5, 0.6) is 0 Å². The Bertz CT molecular complexity index is 303. The second-order valence-electron chi connectivity index (χ2n) is 4.93. The van der Waals surface area contributed by atoms with Gasteiger partial charge in [0, 0.05) is 11.7 Å². The fourth-order valence-corrected chi connectivity index (χ4v) is 2.50. The van der Waals surface area contributed by atoms with Crippen LogP contribution in [0.2, 0.25) is 0 Å². The second kappa shape index (κ2) is 6.05. The number of nitrogens with one attached hydrogen (secondary N) is 3. The van der Waals surface area contributed by atoms with E-state index in [1.165, 1.54) is 37.8 Å². The lowest BCUT2D eigenvalue weighted by molar-refractivity contribution is 0.409. The Balaban J connectivity index is 1.92. The molecule has 4 heteroatoms. The summed E-state index contributed by atoms with van der Waals surface area (Å²) in [5.74, 6) is 1.03. The number of hydrogen-bond acceptors (Lipinski definition) is 4. The molecule has 1 heterocycles. The Hall–Kier alpha value is -1.03. The molecule has 3 N–H and O–H groups in total. The van der Waals surface area contributed by atoms with Crippen LogP contribution in [-0.4, -0.2) is 24.7 Å². The van der Waals surface area contributed by atoms with Crippen molar-refractivity contribution in [2.45, 2.75) is 58.3 Å². The van der Waals surface area contributed by atoms with Crippen LogP contribution in [0.1, 0.15) is 46.0 Å². The second-order valence-corrected chi connectivity index (χ2v) is 4.93. The van der Waals surface area contributed by atoms with E-state index in [-0.39, 0.29) is 6.29 Å². The largest absolute Gasteiger partial charge is 0.367 e. The first-order valence-electron chi connectivity index (χ1n) is 6.80.